The molecule has 1 atom stereocenters. The summed E-state index contributed by atoms with van der Waals surface area (Å²) in [5.41, 5.74) is 3.26. The molecule has 2 aromatic rings. The third-order valence-corrected chi connectivity index (χ3v) is 8.91. The quantitative estimate of drug-likeness (QED) is 0.668. The van der Waals surface area contributed by atoms with Crippen LogP contribution in [0.2, 0.25) is 0 Å². The van der Waals surface area contributed by atoms with Crippen LogP contribution in [-0.2, 0) is 5.41 Å². The van der Waals surface area contributed by atoms with E-state index in [0.717, 1.165) is 49.7 Å². The molecule has 4 aliphatic carbocycles. The van der Waals surface area contributed by atoms with Gasteiger partial charge in [-0.3, -0.25) is 4.90 Å². The molecule has 4 heteroatoms. The van der Waals surface area contributed by atoms with Crippen LogP contribution in [0.1, 0.15) is 44.1 Å². The van der Waals surface area contributed by atoms with E-state index in [1.54, 1.807) is 0 Å². The predicted octanol–water partition coefficient (Wildman–Crippen LogP) is 4.72. The summed E-state index contributed by atoms with van der Waals surface area (Å²) in [4.78, 5) is 4.77. The van der Waals surface area contributed by atoms with Crippen LogP contribution in [0.3, 0.4) is 0 Å². The van der Waals surface area contributed by atoms with Gasteiger partial charge in [0.1, 0.15) is 18.5 Å². The maximum absolute atomic E-state index is 10.6. The van der Waals surface area contributed by atoms with Crippen molar-refractivity contribution >= 4 is 5.69 Å². The number of ether oxygens (including phenoxy) is 1. The molecule has 1 saturated heterocycles. The van der Waals surface area contributed by atoms with Crippen molar-refractivity contribution in [1.82, 2.24) is 4.90 Å². The van der Waals surface area contributed by atoms with Crippen LogP contribution in [0.25, 0.3) is 0 Å². The van der Waals surface area contributed by atoms with E-state index in [-0.39, 0.29) is 0 Å². The first-order chi connectivity index (χ1) is 16.1. The Bertz CT molecular complexity index is 885. The molecule has 176 valence electrons. The first kappa shape index (κ1) is 21.5. The molecule has 1 N–H and O–H groups in total. The third-order valence-electron chi connectivity index (χ3n) is 8.91. The van der Waals surface area contributed by atoms with Crippen LogP contribution in [-0.4, -0.2) is 55.4 Å². The monoisotopic (exact) mass is 446 g/mol. The molecular weight excluding hydrogens is 408 g/mol. The molecule has 1 aliphatic heterocycles. The van der Waals surface area contributed by atoms with Crippen LogP contribution in [0.15, 0.2) is 54.6 Å². The van der Waals surface area contributed by atoms with Gasteiger partial charge in [0.25, 0.3) is 0 Å². The number of hydrogen-bond donors (Lipinski definition) is 1. The summed E-state index contributed by atoms with van der Waals surface area (Å²) in [5.74, 6) is 3.79. The summed E-state index contributed by atoms with van der Waals surface area (Å²) >= 11 is 0. The molecule has 5 fully saturated rings. The Morgan fingerprint density at radius 1 is 0.818 bits per heavy atom. The van der Waals surface area contributed by atoms with Crippen molar-refractivity contribution in [1.29, 1.82) is 0 Å². The minimum absolute atomic E-state index is 0.357. The average Bonchev–Trinajstić information content (AvgIpc) is 2.83. The molecule has 33 heavy (non-hydrogen) atoms. The second-order valence-electron chi connectivity index (χ2n) is 11.3. The maximum atomic E-state index is 10.6. The van der Waals surface area contributed by atoms with E-state index >= 15 is 0 Å². The van der Waals surface area contributed by atoms with Gasteiger partial charge in [-0.1, -0.05) is 30.3 Å². The van der Waals surface area contributed by atoms with E-state index in [0.29, 0.717) is 18.6 Å². The van der Waals surface area contributed by atoms with Crippen LogP contribution < -0.4 is 9.64 Å². The van der Waals surface area contributed by atoms with Crippen LogP contribution in [0.4, 0.5) is 5.69 Å². The Balaban J connectivity index is 0.980. The van der Waals surface area contributed by atoms with Gasteiger partial charge in [0.05, 0.1) is 0 Å². The number of benzene rings is 2. The number of hydrogen-bond acceptors (Lipinski definition) is 4. The topological polar surface area (TPSA) is 35.9 Å². The number of aliphatic hydroxyl groups excluding tert-OH is 1. The summed E-state index contributed by atoms with van der Waals surface area (Å²) in [6.07, 6.45) is 8.19. The molecule has 0 radical (unpaired) electrons. The van der Waals surface area contributed by atoms with Gasteiger partial charge in [0.15, 0.2) is 0 Å². The molecule has 0 aromatic heterocycles. The lowest BCUT2D eigenvalue weighted by Gasteiger charge is -2.57. The molecule has 1 heterocycles. The Hall–Kier alpha value is -2.04. The van der Waals surface area contributed by atoms with Gasteiger partial charge in [-0.05, 0) is 91.5 Å². The number of piperazine rings is 1. The van der Waals surface area contributed by atoms with Crippen molar-refractivity contribution in [3.63, 3.8) is 0 Å². The van der Waals surface area contributed by atoms with E-state index in [1.807, 2.05) is 0 Å². The normalized spacial score (nSPS) is 32.2. The highest BCUT2D eigenvalue weighted by molar-refractivity contribution is 5.46. The molecule has 0 unspecified atom stereocenters. The molecule has 7 rings (SSSR count). The van der Waals surface area contributed by atoms with Gasteiger partial charge in [0, 0.05) is 38.4 Å². The smallest absolute Gasteiger partial charge is 0.119 e. The van der Waals surface area contributed by atoms with Crippen molar-refractivity contribution in [3.05, 3.63) is 60.2 Å². The fraction of sp³-hybridized carbons (Fsp3) is 0.586. The number of aliphatic hydroxyl groups is 1. The molecule has 4 bridgehead atoms. The molecule has 4 nitrogen and oxygen atoms in total. The van der Waals surface area contributed by atoms with Gasteiger partial charge in [0.2, 0.25) is 0 Å². The number of β-amino-alcohol motifs (C(OH)–C–C–N with tert-alkyl or cyclic N) is 1. The molecule has 0 amide bonds. The van der Waals surface area contributed by atoms with E-state index in [4.69, 9.17) is 4.74 Å². The predicted molar refractivity (Wildman–Crippen MR) is 133 cm³/mol. The first-order valence-corrected chi connectivity index (χ1v) is 13.1. The van der Waals surface area contributed by atoms with Crippen molar-refractivity contribution in [2.75, 3.05) is 44.2 Å². The second-order valence-corrected chi connectivity index (χ2v) is 11.3. The zero-order valence-electron chi connectivity index (χ0n) is 19.7. The molecular formula is C29H38N2O2. The van der Waals surface area contributed by atoms with E-state index in [1.165, 1.54) is 49.8 Å². The summed E-state index contributed by atoms with van der Waals surface area (Å²) in [6, 6.07) is 19.5. The van der Waals surface area contributed by atoms with Crippen molar-refractivity contribution < 1.29 is 9.84 Å². The number of para-hydroxylation sites is 1. The van der Waals surface area contributed by atoms with Gasteiger partial charge in [-0.25, -0.2) is 0 Å². The maximum Gasteiger partial charge on any atom is 0.119 e. The highest BCUT2D eigenvalue weighted by atomic mass is 16.5. The molecule has 4 saturated carbocycles. The lowest BCUT2D eigenvalue weighted by Crippen LogP contribution is -2.49. The van der Waals surface area contributed by atoms with E-state index in [9.17, 15) is 5.11 Å². The Kier molecular flexibility index (Phi) is 5.83. The fourth-order valence-electron chi connectivity index (χ4n) is 7.74. The SMILES string of the molecule is O[C@@H](COc1ccc(C23CC4CC(CC(C4)C2)C3)cc1)CN1CCN(c2ccccc2)CC1. The van der Waals surface area contributed by atoms with Crippen LogP contribution in [0, 0.1) is 17.8 Å². The lowest BCUT2D eigenvalue weighted by molar-refractivity contribution is -0.00522. The number of anilines is 1. The van der Waals surface area contributed by atoms with Crippen molar-refractivity contribution in [3.8, 4) is 5.75 Å². The first-order valence-electron chi connectivity index (χ1n) is 13.1. The minimum Gasteiger partial charge on any atom is -0.491 e. The third kappa shape index (κ3) is 4.52. The minimum atomic E-state index is -0.462. The molecule has 2 aromatic carbocycles. The highest BCUT2D eigenvalue weighted by Crippen LogP contribution is 2.60. The molecule has 0 spiro atoms. The van der Waals surface area contributed by atoms with E-state index < -0.39 is 6.10 Å². The Labute approximate surface area is 198 Å². The lowest BCUT2D eigenvalue weighted by atomic mass is 9.48. The zero-order chi connectivity index (χ0) is 22.3. The van der Waals surface area contributed by atoms with Gasteiger partial charge < -0.3 is 14.7 Å². The fourth-order valence-corrected chi connectivity index (χ4v) is 7.74. The molecule has 5 aliphatic rings. The van der Waals surface area contributed by atoms with Gasteiger partial charge in [-0.15, -0.1) is 0 Å². The van der Waals surface area contributed by atoms with Crippen molar-refractivity contribution in [2.45, 2.75) is 50.0 Å². The highest BCUT2D eigenvalue weighted by Gasteiger charge is 2.51. The summed E-state index contributed by atoms with van der Waals surface area (Å²) < 4.78 is 5.99. The number of rotatable bonds is 7. The van der Waals surface area contributed by atoms with Crippen LogP contribution in [0.5, 0.6) is 5.75 Å². The Morgan fingerprint density at radius 3 is 2.03 bits per heavy atom. The zero-order valence-corrected chi connectivity index (χ0v) is 19.7. The summed E-state index contributed by atoms with van der Waals surface area (Å²) in [7, 11) is 0. The van der Waals surface area contributed by atoms with E-state index in [2.05, 4.69) is 64.4 Å². The average molecular weight is 447 g/mol. The standard InChI is InChI=1S/C29H38N2O2/c32-27(20-30-10-12-31(13-11-30)26-4-2-1-3-5-26)21-33-28-8-6-25(7-9-28)29-17-22-14-23(18-29)16-24(15-22)19-29/h1-9,22-24,27,32H,10-21H2/t22?,23?,24?,27-,29?/m1/s1. The van der Waals surface area contributed by atoms with Gasteiger partial charge in [-0.2, -0.15) is 0 Å². The van der Waals surface area contributed by atoms with Gasteiger partial charge >= 0.3 is 0 Å². The van der Waals surface area contributed by atoms with Crippen LogP contribution >= 0.6 is 0 Å². The second kappa shape index (κ2) is 8.96. The van der Waals surface area contributed by atoms with Crippen molar-refractivity contribution in [2.24, 2.45) is 17.8 Å². The Morgan fingerprint density at radius 2 is 1.42 bits per heavy atom. The summed E-state index contributed by atoms with van der Waals surface area (Å²) in [5, 5.41) is 10.6. The largest absolute Gasteiger partial charge is 0.491 e. The summed E-state index contributed by atoms with van der Waals surface area (Å²) in [6.45, 7) is 4.99. The number of nitrogens with zero attached hydrogens (tertiary/aromatic N) is 2.